The molecule has 0 radical (unpaired) electrons. The van der Waals surface area contributed by atoms with Crippen LogP contribution >= 0.6 is 0 Å². The Morgan fingerprint density at radius 3 is 2.71 bits per heavy atom. The molecule has 1 heterocycles. The average Bonchev–Trinajstić information content (AvgIpc) is 2.80. The van der Waals surface area contributed by atoms with Crippen molar-refractivity contribution in [2.24, 2.45) is 5.73 Å². The average molecular weight is 237 g/mol. The van der Waals surface area contributed by atoms with Gasteiger partial charge in [-0.3, -0.25) is 0 Å². The van der Waals surface area contributed by atoms with E-state index in [1.807, 2.05) is 0 Å². The monoisotopic (exact) mass is 237 g/mol. The van der Waals surface area contributed by atoms with Crippen molar-refractivity contribution in [3.63, 3.8) is 0 Å². The summed E-state index contributed by atoms with van der Waals surface area (Å²) in [6, 6.07) is 0. The highest BCUT2D eigenvalue weighted by Gasteiger charge is 2.34. The molecule has 1 saturated carbocycles. The van der Waals surface area contributed by atoms with Crippen LogP contribution in [0.5, 0.6) is 0 Å². The Hall–Kier alpha value is -0.900. The fourth-order valence-electron chi connectivity index (χ4n) is 2.49. The lowest BCUT2D eigenvalue weighted by molar-refractivity contribution is 0.273. The second kappa shape index (κ2) is 5.63. The third-order valence-electron chi connectivity index (χ3n) is 3.65. The van der Waals surface area contributed by atoms with E-state index in [1.54, 1.807) is 0 Å². The molecule has 4 nitrogen and oxygen atoms in total. The van der Waals surface area contributed by atoms with Crippen molar-refractivity contribution in [3.05, 3.63) is 11.7 Å². The van der Waals surface area contributed by atoms with Crippen molar-refractivity contribution < 1.29 is 4.52 Å². The zero-order valence-electron chi connectivity index (χ0n) is 10.7. The summed E-state index contributed by atoms with van der Waals surface area (Å²) >= 11 is 0. The molecule has 0 unspecified atom stereocenters. The van der Waals surface area contributed by atoms with E-state index >= 15 is 0 Å². The van der Waals surface area contributed by atoms with Gasteiger partial charge in [-0.25, -0.2) is 0 Å². The molecule has 0 aliphatic heterocycles. The zero-order valence-corrected chi connectivity index (χ0v) is 10.7. The molecule has 2 rings (SSSR count). The van der Waals surface area contributed by atoms with Gasteiger partial charge in [0, 0.05) is 6.42 Å². The van der Waals surface area contributed by atoms with Crippen LogP contribution in [0, 0.1) is 0 Å². The molecule has 4 heteroatoms. The first kappa shape index (κ1) is 12.6. The van der Waals surface area contributed by atoms with Crippen LogP contribution in [0.4, 0.5) is 0 Å². The molecule has 0 saturated heterocycles. The minimum Gasteiger partial charge on any atom is -0.339 e. The molecule has 17 heavy (non-hydrogen) atoms. The van der Waals surface area contributed by atoms with Crippen LogP contribution in [0.3, 0.4) is 0 Å². The highest BCUT2D eigenvalue weighted by Crippen LogP contribution is 2.33. The van der Waals surface area contributed by atoms with E-state index in [1.165, 1.54) is 32.1 Å². The normalized spacial score (nSPS) is 19.4. The van der Waals surface area contributed by atoms with Crippen LogP contribution < -0.4 is 5.73 Å². The lowest BCUT2D eigenvalue weighted by atomic mass is 9.82. The van der Waals surface area contributed by atoms with Crippen LogP contribution in [-0.4, -0.2) is 10.1 Å². The molecule has 2 N–H and O–H groups in total. The molecule has 1 fully saturated rings. The first-order valence-electron chi connectivity index (χ1n) is 6.86. The Morgan fingerprint density at radius 1 is 1.24 bits per heavy atom. The van der Waals surface area contributed by atoms with Gasteiger partial charge in [0.2, 0.25) is 5.89 Å². The number of nitrogens with zero attached hydrogens (tertiary/aromatic N) is 2. The fraction of sp³-hybridized carbons (Fsp3) is 0.846. The van der Waals surface area contributed by atoms with Crippen molar-refractivity contribution in [1.82, 2.24) is 10.1 Å². The number of hydrogen-bond donors (Lipinski definition) is 1. The van der Waals surface area contributed by atoms with Gasteiger partial charge in [0.05, 0.1) is 5.54 Å². The van der Waals surface area contributed by atoms with Gasteiger partial charge in [-0.15, -0.1) is 0 Å². The predicted molar refractivity (Wildman–Crippen MR) is 66.5 cm³/mol. The number of unbranched alkanes of at least 4 members (excludes halogenated alkanes) is 2. The van der Waals surface area contributed by atoms with E-state index < -0.39 is 0 Å². The topological polar surface area (TPSA) is 64.9 Å². The zero-order chi connectivity index (χ0) is 12.1. The van der Waals surface area contributed by atoms with E-state index in [0.29, 0.717) is 0 Å². The molecule has 0 atom stereocenters. The van der Waals surface area contributed by atoms with E-state index in [0.717, 1.165) is 37.4 Å². The molecule has 0 spiro atoms. The molecule has 1 aromatic heterocycles. The quantitative estimate of drug-likeness (QED) is 0.800. The maximum Gasteiger partial charge on any atom is 0.226 e. The van der Waals surface area contributed by atoms with Gasteiger partial charge in [0.1, 0.15) is 0 Å². The Balaban J connectivity index is 1.96. The molecule has 0 amide bonds. The largest absolute Gasteiger partial charge is 0.339 e. The summed E-state index contributed by atoms with van der Waals surface area (Å²) in [4.78, 5) is 4.47. The van der Waals surface area contributed by atoms with Crippen LogP contribution in [-0.2, 0) is 12.0 Å². The Bertz CT molecular complexity index is 342. The summed E-state index contributed by atoms with van der Waals surface area (Å²) in [5.74, 6) is 1.48. The van der Waals surface area contributed by atoms with Crippen molar-refractivity contribution in [2.75, 3.05) is 0 Å². The van der Waals surface area contributed by atoms with Gasteiger partial charge < -0.3 is 10.3 Å². The smallest absolute Gasteiger partial charge is 0.226 e. The van der Waals surface area contributed by atoms with Crippen molar-refractivity contribution in [1.29, 1.82) is 0 Å². The number of aromatic nitrogens is 2. The standard InChI is InChI=1S/C13H23N3O/c1-2-3-5-8-11-15-12(16-17-11)13(14)9-6-4-7-10-13/h2-10,14H2,1H3. The second-order valence-electron chi connectivity index (χ2n) is 5.19. The lowest BCUT2D eigenvalue weighted by Crippen LogP contribution is -2.39. The van der Waals surface area contributed by atoms with Gasteiger partial charge >= 0.3 is 0 Å². The number of nitrogens with two attached hydrogens (primary N) is 1. The van der Waals surface area contributed by atoms with E-state index in [4.69, 9.17) is 10.3 Å². The molecule has 1 aliphatic carbocycles. The first-order valence-corrected chi connectivity index (χ1v) is 6.86. The van der Waals surface area contributed by atoms with Gasteiger partial charge in [-0.05, 0) is 19.3 Å². The Kier molecular flexibility index (Phi) is 4.15. The molecule has 1 aromatic rings. The maximum atomic E-state index is 6.36. The van der Waals surface area contributed by atoms with Crippen molar-refractivity contribution in [3.8, 4) is 0 Å². The van der Waals surface area contributed by atoms with Crippen LogP contribution in [0.25, 0.3) is 0 Å². The second-order valence-corrected chi connectivity index (χ2v) is 5.19. The van der Waals surface area contributed by atoms with E-state index in [-0.39, 0.29) is 5.54 Å². The molecule has 96 valence electrons. The van der Waals surface area contributed by atoms with Gasteiger partial charge in [0.15, 0.2) is 5.82 Å². The fourth-order valence-corrected chi connectivity index (χ4v) is 2.49. The first-order chi connectivity index (χ1) is 8.24. The Labute approximate surface area is 103 Å². The summed E-state index contributed by atoms with van der Waals surface area (Å²) in [6.45, 7) is 2.19. The number of hydrogen-bond acceptors (Lipinski definition) is 4. The summed E-state index contributed by atoms with van der Waals surface area (Å²) in [5, 5.41) is 4.08. The van der Waals surface area contributed by atoms with Crippen LogP contribution in [0.15, 0.2) is 4.52 Å². The minimum absolute atomic E-state index is 0.329. The van der Waals surface area contributed by atoms with Gasteiger partial charge in [0.25, 0.3) is 0 Å². The molecule has 0 aromatic carbocycles. The molecule has 0 bridgehead atoms. The summed E-state index contributed by atoms with van der Waals surface area (Å²) in [6.07, 6.45) is 10.0. The summed E-state index contributed by atoms with van der Waals surface area (Å²) in [5.41, 5.74) is 6.03. The molecular weight excluding hydrogens is 214 g/mol. The Morgan fingerprint density at radius 2 is 2.00 bits per heavy atom. The maximum absolute atomic E-state index is 6.36. The van der Waals surface area contributed by atoms with Crippen molar-refractivity contribution in [2.45, 2.75) is 70.3 Å². The highest BCUT2D eigenvalue weighted by atomic mass is 16.5. The van der Waals surface area contributed by atoms with Crippen molar-refractivity contribution >= 4 is 0 Å². The number of rotatable bonds is 5. The van der Waals surface area contributed by atoms with E-state index in [2.05, 4.69) is 17.1 Å². The van der Waals surface area contributed by atoms with E-state index in [9.17, 15) is 0 Å². The summed E-state index contributed by atoms with van der Waals surface area (Å²) < 4.78 is 5.29. The van der Waals surface area contributed by atoms with Gasteiger partial charge in [-0.2, -0.15) is 4.98 Å². The minimum atomic E-state index is -0.329. The van der Waals surface area contributed by atoms with Gasteiger partial charge in [-0.1, -0.05) is 44.2 Å². The third kappa shape index (κ3) is 3.06. The predicted octanol–water partition coefficient (Wildman–Crippen LogP) is 2.92. The molecule has 1 aliphatic rings. The highest BCUT2D eigenvalue weighted by molar-refractivity contribution is 5.05. The third-order valence-corrected chi connectivity index (χ3v) is 3.65. The SMILES string of the molecule is CCCCCc1nc(C2(N)CCCCC2)no1. The van der Waals surface area contributed by atoms with Crippen LogP contribution in [0.2, 0.25) is 0 Å². The molecular formula is C13H23N3O. The van der Waals surface area contributed by atoms with Crippen LogP contribution in [0.1, 0.15) is 70.0 Å². The summed E-state index contributed by atoms with van der Waals surface area (Å²) in [7, 11) is 0. The lowest BCUT2D eigenvalue weighted by Gasteiger charge is -2.29. The number of aryl methyl sites for hydroxylation is 1.